The summed E-state index contributed by atoms with van der Waals surface area (Å²) in [6.07, 6.45) is 0. The molecular weight excluding hydrogens is 260 g/mol. The van der Waals surface area contributed by atoms with Crippen LogP contribution in [0.25, 0.3) is 10.4 Å². The average molecular weight is 278 g/mol. The quantitative estimate of drug-likeness (QED) is 0.913. The highest BCUT2D eigenvalue weighted by molar-refractivity contribution is 7.15. The van der Waals surface area contributed by atoms with Crippen LogP contribution in [-0.2, 0) is 6.54 Å². The Morgan fingerprint density at radius 1 is 1.21 bits per heavy atom. The van der Waals surface area contributed by atoms with E-state index in [9.17, 15) is 0 Å². The molecule has 1 heterocycles. The van der Waals surface area contributed by atoms with E-state index in [-0.39, 0.29) is 0 Å². The standard InChI is InChI=1S/C14H18N2O2S/c1-9-14(19-13(16-9)8-15-2)10-5-6-11(17-3)12(7-10)18-4/h5-7,15H,8H2,1-4H3. The van der Waals surface area contributed by atoms with Gasteiger partial charge in [0.05, 0.1) is 24.8 Å². The van der Waals surface area contributed by atoms with Crippen molar-refractivity contribution >= 4 is 11.3 Å². The fourth-order valence-electron chi connectivity index (χ4n) is 1.92. The molecule has 1 aromatic heterocycles. The molecule has 0 bridgehead atoms. The van der Waals surface area contributed by atoms with Gasteiger partial charge in [-0.05, 0) is 37.7 Å². The predicted octanol–water partition coefficient (Wildman–Crippen LogP) is 2.86. The number of thiazole rings is 1. The van der Waals surface area contributed by atoms with Crippen molar-refractivity contribution < 1.29 is 9.47 Å². The first kappa shape index (κ1) is 13.8. The van der Waals surface area contributed by atoms with Gasteiger partial charge < -0.3 is 14.8 Å². The van der Waals surface area contributed by atoms with Gasteiger partial charge in [-0.2, -0.15) is 0 Å². The van der Waals surface area contributed by atoms with Crippen molar-refractivity contribution in [3.05, 3.63) is 28.9 Å². The Kier molecular flexibility index (Phi) is 4.39. The van der Waals surface area contributed by atoms with Crippen LogP contribution in [0.4, 0.5) is 0 Å². The summed E-state index contributed by atoms with van der Waals surface area (Å²) < 4.78 is 10.6. The second-order valence-corrected chi connectivity index (χ2v) is 5.21. The molecule has 0 amide bonds. The van der Waals surface area contributed by atoms with Crippen LogP contribution in [0.5, 0.6) is 11.5 Å². The van der Waals surface area contributed by atoms with Crippen molar-refractivity contribution in [3.63, 3.8) is 0 Å². The topological polar surface area (TPSA) is 43.4 Å². The van der Waals surface area contributed by atoms with Gasteiger partial charge >= 0.3 is 0 Å². The predicted molar refractivity (Wildman–Crippen MR) is 78.2 cm³/mol. The van der Waals surface area contributed by atoms with Crippen molar-refractivity contribution in [2.24, 2.45) is 0 Å². The van der Waals surface area contributed by atoms with Crippen LogP contribution < -0.4 is 14.8 Å². The Morgan fingerprint density at radius 3 is 2.58 bits per heavy atom. The van der Waals surface area contributed by atoms with E-state index in [1.165, 1.54) is 4.88 Å². The molecule has 0 aliphatic heterocycles. The molecule has 1 aromatic carbocycles. The molecule has 1 N–H and O–H groups in total. The molecule has 0 saturated heterocycles. The fourth-order valence-corrected chi connectivity index (χ4v) is 3.00. The minimum Gasteiger partial charge on any atom is -0.493 e. The second-order valence-electron chi connectivity index (χ2n) is 4.12. The summed E-state index contributed by atoms with van der Waals surface area (Å²) in [5, 5.41) is 4.21. The minimum atomic E-state index is 0.739. The second kappa shape index (κ2) is 6.04. The Balaban J connectivity index is 2.41. The third-order valence-corrected chi connectivity index (χ3v) is 4.02. The van der Waals surface area contributed by atoms with Crippen LogP contribution in [0.3, 0.4) is 0 Å². The minimum absolute atomic E-state index is 0.739. The van der Waals surface area contributed by atoms with Gasteiger partial charge in [0, 0.05) is 6.54 Å². The van der Waals surface area contributed by atoms with E-state index in [4.69, 9.17) is 9.47 Å². The molecule has 0 unspecified atom stereocenters. The number of rotatable bonds is 5. The van der Waals surface area contributed by atoms with Gasteiger partial charge in [0.1, 0.15) is 5.01 Å². The van der Waals surface area contributed by atoms with Gasteiger partial charge in [-0.15, -0.1) is 11.3 Å². The normalized spacial score (nSPS) is 10.5. The zero-order valence-corrected chi connectivity index (χ0v) is 12.4. The number of hydrogen-bond donors (Lipinski definition) is 1. The molecule has 102 valence electrons. The zero-order chi connectivity index (χ0) is 13.8. The number of hydrogen-bond acceptors (Lipinski definition) is 5. The zero-order valence-electron chi connectivity index (χ0n) is 11.6. The number of nitrogens with zero attached hydrogens (tertiary/aromatic N) is 1. The van der Waals surface area contributed by atoms with Crippen LogP contribution >= 0.6 is 11.3 Å². The maximum Gasteiger partial charge on any atom is 0.161 e. The van der Waals surface area contributed by atoms with Gasteiger partial charge in [0.15, 0.2) is 11.5 Å². The first-order valence-electron chi connectivity index (χ1n) is 6.03. The van der Waals surface area contributed by atoms with Crippen LogP contribution in [0, 0.1) is 6.92 Å². The Morgan fingerprint density at radius 2 is 1.95 bits per heavy atom. The van der Waals surface area contributed by atoms with Crippen LogP contribution in [0.1, 0.15) is 10.7 Å². The maximum absolute atomic E-state index is 5.34. The molecule has 0 radical (unpaired) electrons. The lowest BCUT2D eigenvalue weighted by atomic mass is 10.1. The molecule has 5 heteroatoms. The average Bonchev–Trinajstić information content (AvgIpc) is 2.79. The lowest BCUT2D eigenvalue weighted by Gasteiger charge is -2.08. The third-order valence-electron chi connectivity index (χ3n) is 2.81. The van der Waals surface area contributed by atoms with Gasteiger partial charge in [0.2, 0.25) is 0 Å². The maximum atomic E-state index is 5.34. The molecule has 0 saturated carbocycles. The highest BCUT2D eigenvalue weighted by Gasteiger charge is 2.12. The lowest BCUT2D eigenvalue weighted by molar-refractivity contribution is 0.355. The summed E-state index contributed by atoms with van der Waals surface area (Å²) in [6, 6.07) is 5.94. The fraction of sp³-hybridized carbons (Fsp3) is 0.357. The summed E-state index contributed by atoms with van der Waals surface area (Å²) in [7, 11) is 5.21. The van der Waals surface area contributed by atoms with Crippen molar-refractivity contribution in [2.45, 2.75) is 13.5 Å². The van der Waals surface area contributed by atoms with Crippen molar-refractivity contribution in [3.8, 4) is 21.9 Å². The van der Waals surface area contributed by atoms with Crippen molar-refractivity contribution in [2.75, 3.05) is 21.3 Å². The molecule has 0 atom stereocenters. The molecular formula is C14H18N2O2S. The van der Waals surface area contributed by atoms with Gasteiger partial charge in [-0.3, -0.25) is 0 Å². The smallest absolute Gasteiger partial charge is 0.161 e. The molecule has 4 nitrogen and oxygen atoms in total. The van der Waals surface area contributed by atoms with Crippen molar-refractivity contribution in [1.29, 1.82) is 0 Å². The number of aryl methyl sites for hydroxylation is 1. The van der Waals surface area contributed by atoms with E-state index in [2.05, 4.69) is 10.3 Å². The molecule has 0 aliphatic carbocycles. The van der Waals surface area contributed by atoms with E-state index < -0.39 is 0 Å². The summed E-state index contributed by atoms with van der Waals surface area (Å²) >= 11 is 1.70. The van der Waals surface area contributed by atoms with Gasteiger partial charge in [-0.1, -0.05) is 0 Å². The summed E-state index contributed by atoms with van der Waals surface area (Å²) in [6.45, 7) is 2.82. The SMILES string of the molecule is CNCc1nc(C)c(-c2ccc(OC)c(OC)c2)s1. The Hall–Kier alpha value is -1.59. The molecule has 2 aromatic rings. The number of benzene rings is 1. The van der Waals surface area contributed by atoms with E-state index in [1.54, 1.807) is 25.6 Å². The first-order valence-corrected chi connectivity index (χ1v) is 6.84. The highest BCUT2D eigenvalue weighted by atomic mass is 32.1. The summed E-state index contributed by atoms with van der Waals surface area (Å²) in [5.74, 6) is 1.48. The van der Waals surface area contributed by atoms with Crippen LogP contribution in [0.2, 0.25) is 0 Å². The third kappa shape index (κ3) is 2.88. The number of methoxy groups -OCH3 is 2. The lowest BCUT2D eigenvalue weighted by Crippen LogP contribution is -2.04. The van der Waals surface area contributed by atoms with E-state index in [1.807, 2.05) is 32.2 Å². The number of ether oxygens (including phenoxy) is 2. The van der Waals surface area contributed by atoms with Gasteiger partial charge in [0.25, 0.3) is 0 Å². The van der Waals surface area contributed by atoms with E-state index in [0.29, 0.717) is 0 Å². The van der Waals surface area contributed by atoms with Crippen LogP contribution in [0.15, 0.2) is 18.2 Å². The number of aromatic nitrogens is 1. The highest BCUT2D eigenvalue weighted by Crippen LogP contribution is 2.36. The van der Waals surface area contributed by atoms with E-state index >= 15 is 0 Å². The molecule has 2 rings (SSSR count). The Bertz CT molecular complexity index is 567. The molecule has 19 heavy (non-hydrogen) atoms. The van der Waals surface area contributed by atoms with Crippen molar-refractivity contribution in [1.82, 2.24) is 10.3 Å². The largest absolute Gasteiger partial charge is 0.493 e. The van der Waals surface area contributed by atoms with Crippen LogP contribution in [-0.4, -0.2) is 26.3 Å². The molecule has 0 spiro atoms. The Labute approximate surface area is 117 Å². The number of nitrogens with one attached hydrogen (secondary N) is 1. The summed E-state index contributed by atoms with van der Waals surface area (Å²) in [5.41, 5.74) is 2.15. The molecule has 0 aliphatic rings. The summed E-state index contributed by atoms with van der Waals surface area (Å²) in [4.78, 5) is 5.73. The molecule has 0 fully saturated rings. The monoisotopic (exact) mass is 278 g/mol. The van der Waals surface area contributed by atoms with Gasteiger partial charge in [-0.25, -0.2) is 4.98 Å². The first-order chi connectivity index (χ1) is 9.19. The van der Waals surface area contributed by atoms with E-state index in [0.717, 1.165) is 34.3 Å².